The van der Waals surface area contributed by atoms with Gasteiger partial charge in [-0.3, -0.25) is 4.57 Å². The highest BCUT2D eigenvalue weighted by Crippen LogP contribution is 2.95. The number of benzene rings is 7. The fourth-order valence-electron chi connectivity index (χ4n) is 14.0. The first-order valence-corrected chi connectivity index (χ1v) is 20.7. The lowest BCUT2D eigenvalue weighted by molar-refractivity contribution is -0.412. The summed E-state index contributed by atoms with van der Waals surface area (Å²) in [6, 6.07) is 55.5. The lowest BCUT2D eigenvalue weighted by atomic mass is 9.11. The predicted octanol–water partition coefficient (Wildman–Crippen LogP) is 12.9. The van der Waals surface area contributed by atoms with Crippen LogP contribution in [-0.4, -0.2) is 14.5 Å². The molecule has 3 heterocycles. The molecule has 0 bridgehead atoms. The van der Waals surface area contributed by atoms with Crippen molar-refractivity contribution in [2.24, 2.45) is 29.1 Å². The van der Waals surface area contributed by atoms with Gasteiger partial charge < -0.3 is 4.42 Å². The first-order valence-electron chi connectivity index (χ1n) is 20.7. The van der Waals surface area contributed by atoms with Crippen LogP contribution in [-0.2, 0) is 5.41 Å². The fourth-order valence-corrected chi connectivity index (χ4v) is 14.0. The molecule has 2 spiro atoms. The highest BCUT2D eigenvalue weighted by atomic mass is 16.3. The van der Waals surface area contributed by atoms with Gasteiger partial charge in [0.25, 0.3) is 0 Å². The topological polar surface area (TPSA) is 43.9 Å². The highest BCUT2D eigenvalue weighted by Gasteiger charge is 2.90. The van der Waals surface area contributed by atoms with Crippen LogP contribution in [0.4, 0.5) is 0 Å². The molecule has 0 saturated heterocycles. The van der Waals surface area contributed by atoms with Crippen LogP contribution < -0.4 is 0 Å². The molecule has 4 saturated carbocycles. The lowest BCUT2D eigenvalue weighted by Gasteiger charge is -2.92. The molecule has 4 heteroatoms. The Morgan fingerprint density at radius 1 is 0.526 bits per heavy atom. The van der Waals surface area contributed by atoms with Crippen molar-refractivity contribution in [2.75, 3.05) is 0 Å². The van der Waals surface area contributed by atoms with Gasteiger partial charge in [-0.1, -0.05) is 115 Å². The van der Waals surface area contributed by atoms with Gasteiger partial charge >= 0.3 is 0 Å². The Morgan fingerprint density at radius 3 is 2.11 bits per heavy atom. The summed E-state index contributed by atoms with van der Waals surface area (Å²) >= 11 is 0. The Labute approximate surface area is 328 Å². The van der Waals surface area contributed by atoms with E-state index >= 15 is 0 Å². The molecule has 4 nitrogen and oxygen atoms in total. The van der Waals surface area contributed by atoms with Gasteiger partial charge in [0.15, 0.2) is 0 Å². The number of hydrogen-bond donors (Lipinski definition) is 0. The SMILES string of the molecule is c1ccc2c(c1)-c1c(-c3cccc4c3c3ccccc3n4-c3nc(-c4ccc5c(c4)oc4ccccc45)c4ccccc4n3)cccc1C21C2CC3CC4CC1C342. The Kier molecular flexibility index (Phi) is 5.15. The van der Waals surface area contributed by atoms with Crippen LogP contribution in [0.1, 0.15) is 30.4 Å². The molecule has 15 rings (SSSR count). The summed E-state index contributed by atoms with van der Waals surface area (Å²) in [5.41, 5.74) is 16.3. The molecule has 0 N–H and O–H groups in total. The van der Waals surface area contributed by atoms with E-state index in [1.54, 1.807) is 11.1 Å². The molecule has 0 amide bonds. The van der Waals surface area contributed by atoms with E-state index in [0.717, 1.165) is 78.8 Å². The molecule has 3 aromatic heterocycles. The van der Waals surface area contributed by atoms with Crippen LogP contribution in [0.3, 0.4) is 0 Å². The minimum atomic E-state index is 0.179. The summed E-state index contributed by atoms with van der Waals surface area (Å²) < 4.78 is 8.65. The minimum Gasteiger partial charge on any atom is -0.456 e. The second-order valence-corrected chi connectivity index (χ2v) is 17.6. The Morgan fingerprint density at radius 2 is 1.21 bits per heavy atom. The third-order valence-corrected chi connectivity index (χ3v) is 15.9. The largest absolute Gasteiger partial charge is 0.456 e. The van der Waals surface area contributed by atoms with Gasteiger partial charge in [-0.15, -0.1) is 0 Å². The zero-order chi connectivity index (χ0) is 36.8. The van der Waals surface area contributed by atoms with Crippen LogP contribution in [0.2, 0.25) is 0 Å². The maximum Gasteiger partial charge on any atom is 0.235 e. The first kappa shape index (κ1) is 29.7. The van der Waals surface area contributed by atoms with Crippen LogP contribution in [0.5, 0.6) is 0 Å². The van der Waals surface area contributed by atoms with E-state index in [1.165, 1.54) is 52.3 Å². The standard InChI is InChI=1S/C53H35N3O/c1-5-17-39-36(12-1)48-34(15-9-18-40(48)53(39)46-27-30-26-31-28-47(53)52(30,31)46)35-16-10-21-43-49(35)38-14-3-7-20-42(38)56(43)51-54-41-19-6-2-13-37(41)50(55-51)29-23-24-33-32-11-4-8-22-44(32)57-45(33)25-29/h1-25,30-31,46-47H,26-28H2. The summed E-state index contributed by atoms with van der Waals surface area (Å²) in [6.45, 7) is 0. The molecular formula is C53H35N3O. The van der Waals surface area contributed by atoms with Crippen molar-refractivity contribution in [3.8, 4) is 39.5 Å². The number of aromatic nitrogens is 3. The van der Waals surface area contributed by atoms with E-state index in [-0.39, 0.29) is 5.41 Å². The highest BCUT2D eigenvalue weighted by molar-refractivity contribution is 6.17. The summed E-state index contributed by atoms with van der Waals surface area (Å²) in [4.78, 5) is 10.8. The number of fused-ring (bicyclic) bond motifs is 14. The minimum absolute atomic E-state index is 0.179. The van der Waals surface area contributed by atoms with Crippen molar-refractivity contribution in [3.05, 3.63) is 163 Å². The summed E-state index contributed by atoms with van der Waals surface area (Å²) in [6.07, 6.45) is 4.31. The summed E-state index contributed by atoms with van der Waals surface area (Å²) in [5.74, 6) is 4.24. The van der Waals surface area contributed by atoms with Crippen LogP contribution >= 0.6 is 0 Å². The lowest BCUT2D eigenvalue weighted by Crippen LogP contribution is -2.88. The summed E-state index contributed by atoms with van der Waals surface area (Å²) in [5, 5.41) is 5.71. The van der Waals surface area contributed by atoms with Gasteiger partial charge in [0.1, 0.15) is 11.2 Å². The Balaban J connectivity index is 0.966. The third-order valence-electron chi connectivity index (χ3n) is 15.9. The van der Waals surface area contributed by atoms with Gasteiger partial charge in [0.2, 0.25) is 5.95 Å². The smallest absolute Gasteiger partial charge is 0.235 e. The molecule has 5 aliphatic carbocycles. The molecular weight excluding hydrogens is 695 g/mol. The van der Waals surface area contributed by atoms with E-state index < -0.39 is 0 Å². The van der Waals surface area contributed by atoms with E-state index in [4.69, 9.17) is 14.4 Å². The molecule has 57 heavy (non-hydrogen) atoms. The van der Waals surface area contributed by atoms with Crippen molar-refractivity contribution in [3.63, 3.8) is 0 Å². The van der Waals surface area contributed by atoms with Gasteiger partial charge in [-0.05, 0) is 118 Å². The van der Waals surface area contributed by atoms with Crippen molar-refractivity contribution < 1.29 is 4.42 Å². The zero-order valence-corrected chi connectivity index (χ0v) is 31.1. The molecule has 5 aliphatic rings. The van der Waals surface area contributed by atoms with E-state index in [9.17, 15) is 0 Å². The van der Waals surface area contributed by atoms with Crippen molar-refractivity contribution in [1.82, 2.24) is 14.5 Å². The molecule has 0 radical (unpaired) electrons. The Hall–Kier alpha value is -6.52. The van der Waals surface area contributed by atoms with Crippen LogP contribution in [0.15, 0.2) is 156 Å². The molecule has 0 aliphatic heterocycles. The molecule has 4 atom stereocenters. The van der Waals surface area contributed by atoms with Crippen LogP contribution in [0.25, 0.3) is 94.1 Å². The first-order chi connectivity index (χ1) is 28.2. The number of para-hydroxylation sites is 3. The quantitative estimate of drug-likeness (QED) is 0.182. The van der Waals surface area contributed by atoms with Crippen molar-refractivity contribution in [2.45, 2.75) is 24.7 Å². The maximum absolute atomic E-state index is 6.36. The fraction of sp³-hybridized carbons (Fsp3) is 0.170. The average molecular weight is 730 g/mol. The predicted molar refractivity (Wildman–Crippen MR) is 228 cm³/mol. The second kappa shape index (κ2) is 9.88. The van der Waals surface area contributed by atoms with Gasteiger partial charge in [0.05, 0.1) is 22.2 Å². The molecule has 4 unspecified atom stereocenters. The normalized spacial score (nSPS) is 25.8. The van der Waals surface area contributed by atoms with Gasteiger partial charge in [-0.25, -0.2) is 9.97 Å². The zero-order valence-electron chi connectivity index (χ0n) is 31.1. The maximum atomic E-state index is 6.36. The van der Waals surface area contributed by atoms with E-state index in [1.807, 2.05) is 12.1 Å². The molecule has 7 aromatic carbocycles. The monoisotopic (exact) mass is 729 g/mol. The number of nitrogens with zero attached hydrogens (tertiary/aromatic N) is 3. The third kappa shape index (κ3) is 3.21. The van der Waals surface area contributed by atoms with Gasteiger partial charge in [0, 0.05) is 37.9 Å². The van der Waals surface area contributed by atoms with Gasteiger partial charge in [-0.2, -0.15) is 0 Å². The van der Waals surface area contributed by atoms with E-state index in [2.05, 4.69) is 144 Å². The number of hydrogen-bond acceptors (Lipinski definition) is 3. The van der Waals surface area contributed by atoms with E-state index in [0.29, 0.717) is 11.4 Å². The molecule has 4 fully saturated rings. The van der Waals surface area contributed by atoms with Crippen LogP contribution in [0, 0.1) is 29.1 Å². The summed E-state index contributed by atoms with van der Waals surface area (Å²) in [7, 11) is 0. The number of furan rings is 1. The van der Waals surface area contributed by atoms with Crippen molar-refractivity contribution >= 4 is 54.6 Å². The molecule has 268 valence electrons. The second-order valence-electron chi connectivity index (χ2n) is 17.6. The van der Waals surface area contributed by atoms with Crippen molar-refractivity contribution in [1.29, 1.82) is 0 Å². The average Bonchev–Trinajstić information content (AvgIpc) is 3.88. The Bertz CT molecular complexity index is 3440. The number of rotatable bonds is 3. The molecule has 10 aromatic rings.